The zero-order valence-electron chi connectivity index (χ0n) is 14.0. The van der Waals surface area contributed by atoms with E-state index in [0.29, 0.717) is 18.7 Å². The summed E-state index contributed by atoms with van der Waals surface area (Å²) in [6.45, 7) is 4.38. The molecule has 0 saturated carbocycles. The molecule has 0 saturated heterocycles. The third-order valence-corrected chi connectivity index (χ3v) is 3.96. The van der Waals surface area contributed by atoms with Gasteiger partial charge in [0, 0.05) is 3.57 Å². The minimum atomic E-state index is -0.673. The van der Waals surface area contributed by atoms with E-state index in [0.717, 1.165) is 3.57 Å². The first kappa shape index (κ1) is 19.2. The second kappa shape index (κ2) is 8.80. The standard InChI is InChI=1S/C18H19FIN3O2/c1-11(2)4-3-7-25-16-10-22-9-15(17(16)18(21)24)23-14-6-5-12(20)8-13(14)19/h4-6,8-10,23H,3,7H2,1-2H3,(H2,21,24). The summed E-state index contributed by atoms with van der Waals surface area (Å²) in [6, 6.07) is 4.73. The van der Waals surface area contributed by atoms with Crippen molar-refractivity contribution in [1.82, 2.24) is 4.98 Å². The highest BCUT2D eigenvalue weighted by Crippen LogP contribution is 2.29. The van der Waals surface area contributed by atoms with E-state index in [1.54, 1.807) is 12.1 Å². The summed E-state index contributed by atoms with van der Waals surface area (Å²) >= 11 is 2.02. The third-order valence-electron chi connectivity index (χ3n) is 3.29. The van der Waals surface area contributed by atoms with Gasteiger partial charge in [0.2, 0.25) is 0 Å². The van der Waals surface area contributed by atoms with Crippen molar-refractivity contribution in [2.24, 2.45) is 5.73 Å². The van der Waals surface area contributed by atoms with Crippen LogP contribution in [0.1, 0.15) is 30.6 Å². The lowest BCUT2D eigenvalue weighted by Gasteiger charge is -2.14. The molecule has 0 aliphatic rings. The molecule has 5 nitrogen and oxygen atoms in total. The second-order valence-electron chi connectivity index (χ2n) is 5.59. The maximum atomic E-state index is 14.1. The Kier molecular flexibility index (Phi) is 6.74. The van der Waals surface area contributed by atoms with Gasteiger partial charge in [-0.3, -0.25) is 9.78 Å². The molecule has 25 heavy (non-hydrogen) atoms. The number of primary amides is 1. The van der Waals surface area contributed by atoms with Crippen molar-refractivity contribution < 1.29 is 13.9 Å². The maximum absolute atomic E-state index is 14.1. The number of benzene rings is 1. The van der Waals surface area contributed by atoms with Crippen LogP contribution in [0.25, 0.3) is 0 Å². The van der Waals surface area contributed by atoms with E-state index >= 15 is 0 Å². The molecule has 1 aromatic heterocycles. The van der Waals surface area contributed by atoms with Crippen molar-refractivity contribution in [3.63, 3.8) is 0 Å². The van der Waals surface area contributed by atoms with Gasteiger partial charge in [0.1, 0.15) is 11.4 Å². The van der Waals surface area contributed by atoms with Crippen molar-refractivity contribution in [3.05, 3.63) is 57.2 Å². The molecule has 0 fully saturated rings. The minimum Gasteiger partial charge on any atom is -0.491 e. The van der Waals surface area contributed by atoms with Crippen molar-refractivity contribution in [2.75, 3.05) is 11.9 Å². The predicted molar refractivity (Wildman–Crippen MR) is 105 cm³/mol. The van der Waals surface area contributed by atoms with Gasteiger partial charge >= 0.3 is 0 Å². The lowest BCUT2D eigenvalue weighted by atomic mass is 10.2. The molecular weight excluding hydrogens is 436 g/mol. The van der Waals surface area contributed by atoms with Gasteiger partial charge in [-0.15, -0.1) is 0 Å². The topological polar surface area (TPSA) is 77.2 Å². The van der Waals surface area contributed by atoms with E-state index in [2.05, 4.69) is 10.3 Å². The van der Waals surface area contributed by atoms with E-state index in [4.69, 9.17) is 10.5 Å². The lowest BCUT2D eigenvalue weighted by Crippen LogP contribution is -2.16. The molecule has 0 aliphatic heterocycles. The Morgan fingerprint density at radius 1 is 1.36 bits per heavy atom. The highest BCUT2D eigenvalue weighted by molar-refractivity contribution is 14.1. The van der Waals surface area contributed by atoms with Crippen LogP contribution >= 0.6 is 22.6 Å². The molecule has 2 rings (SSSR count). The quantitative estimate of drug-likeness (QED) is 0.369. The van der Waals surface area contributed by atoms with Crippen molar-refractivity contribution in [2.45, 2.75) is 20.3 Å². The maximum Gasteiger partial charge on any atom is 0.254 e. The van der Waals surface area contributed by atoms with E-state index in [-0.39, 0.29) is 17.0 Å². The Labute approximate surface area is 159 Å². The number of hydrogen-bond acceptors (Lipinski definition) is 4. The van der Waals surface area contributed by atoms with E-state index < -0.39 is 11.7 Å². The van der Waals surface area contributed by atoms with Crippen molar-refractivity contribution in [3.8, 4) is 5.75 Å². The van der Waals surface area contributed by atoms with Crippen LogP contribution in [0.5, 0.6) is 5.75 Å². The van der Waals surface area contributed by atoms with Crippen LogP contribution < -0.4 is 15.8 Å². The number of ether oxygens (including phenoxy) is 1. The fourth-order valence-corrected chi connectivity index (χ4v) is 2.61. The molecule has 0 radical (unpaired) electrons. The average molecular weight is 455 g/mol. The van der Waals surface area contributed by atoms with Crippen LogP contribution in [0.2, 0.25) is 0 Å². The van der Waals surface area contributed by atoms with Crippen LogP contribution in [-0.4, -0.2) is 17.5 Å². The average Bonchev–Trinajstić information content (AvgIpc) is 2.54. The van der Waals surface area contributed by atoms with Gasteiger partial charge < -0.3 is 15.8 Å². The number of anilines is 2. The Morgan fingerprint density at radius 2 is 2.12 bits per heavy atom. The summed E-state index contributed by atoms with van der Waals surface area (Å²) in [7, 11) is 0. The van der Waals surface area contributed by atoms with E-state index in [9.17, 15) is 9.18 Å². The van der Waals surface area contributed by atoms with Gasteiger partial charge in [-0.1, -0.05) is 11.6 Å². The first-order valence-electron chi connectivity index (χ1n) is 7.64. The molecule has 1 heterocycles. The highest BCUT2D eigenvalue weighted by atomic mass is 127. The number of nitrogens with two attached hydrogens (primary N) is 1. The van der Waals surface area contributed by atoms with Gasteiger partial charge in [0.15, 0.2) is 5.75 Å². The van der Waals surface area contributed by atoms with Crippen molar-refractivity contribution in [1.29, 1.82) is 0 Å². The zero-order chi connectivity index (χ0) is 18.4. The van der Waals surface area contributed by atoms with Gasteiger partial charge in [0.25, 0.3) is 5.91 Å². The molecular formula is C18H19FIN3O2. The number of allylic oxidation sites excluding steroid dienone is 1. The summed E-state index contributed by atoms with van der Waals surface area (Å²) in [5, 5.41) is 2.86. The van der Waals surface area contributed by atoms with Crippen molar-refractivity contribution >= 4 is 39.9 Å². The zero-order valence-corrected chi connectivity index (χ0v) is 16.1. The molecule has 3 N–H and O–H groups in total. The summed E-state index contributed by atoms with van der Waals surface area (Å²) < 4.78 is 20.5. The fourth-order valence-electron chi connectivity index (χ4n) is 2.15. The minimum absolute atomic E-state index is 0.144. The molecule has 1 amide bonds. The smallest absolute Gasteiger partial charge is 0.254 e. The number of pyridine rings is 1. The lowest BCUT2D eigenvalue weighted by molar-refractivity contribution is 0.0997. The van der Waals surface area contributed by atoms with E-state index in [1.165, 1.54) is 24.0 Å². The Morgan fingerprint density at radius 3 is 2.76 bits per heavy atom. The Hall–Kier alpha value is -2.16. The summed E-state index contributed by atoms with van der Waals surface area (Å²) in [4.78, 5) is 15.9. The molecule has 0 spiro atoms. The van der Waals surface area contributed by atoms with Crippen LogP contribution in [-0.2, 0) is 0 Å². The normalized spacial score (nSPS) is 10.2. The molecule has 0 bridgehead atoms. The molecule has 0 unspecified atom stereocenters. The van der Waals surface area contributed by atoms with Crippen LogP contribution in [0.15, 0.2) is 42.2 Å². The van der Waals surface area contributed by atoms with Gasteiger partial charge in [-0.05, 0) is 61.1 Å². The van der Waals surface area contributed by atoms with E-state index in [1.807, 2.05) is 42.5 Å². The van der Waals surface area contributed by atoms with Gasteiger partial charge in [0.05, 0.1) is 30.4 Å². The number of nitrogens with one attached hydrogen (secondary N) is 1. The number of rotatable bonds is 7. The molecule has 7 heteroatoms. The number of nitrogens with zero attached hydrogens (tertiary/aromatic N) is 1. The fraction of sp³-hybridized carbons (Fsp3) is 0.222. The number of hydrogen-bond donors (Lipinski definition) is 2. The van der Waals surface area contributed by atoms with Gasteiger partial charge in [-0.2, -0.15) is 0 Å². The van der Waals surface area contributed by atoms with Crippen LogP contribution in [0, 0.1) is 9.39 Å². The number of carbonyl (C=O) groups is 1. The molecule has 1 aromatic carbocycles. The highest BCUT2D eigenvalue weighted by Gasteiger charge is 2.17. The number of carbonyl (C=O) groups excluding carboxylic acids is 1. The van der Waals surface area contributed by atoms with Crippen LogP contribution in [0.3, 0.4) is 0 Å². The second-order valence-corrected chi connectivity index (χ2v) is 6.84. The first-order chi connectivity index (χ1) is 11.9. The summed E-state index contributed by atoms with van der Waals surface area (Å²) in [5.74, 6) is -0.837. The van der Waals surface area contributed by atoms with Crippen LogP contribution in [0.4, 0.5) is 15.8 Å². The summed E-state index contributed by atoms with van der Waals surface area (Å²) in [5.41, 5.74) is 7.34. The predicted octanol–water partition coefficient (Wildman–Crippen LogP) is 4.40. The molecule has 132 valence electrons. The Bertz CT molecular complexity index is 805. The monoisotopic (exact) mass is 455 g/mol. The number of halogens is 2. The molecule has 0 atom stereocenters. The van der Waals surface area contributed by atoms with Gasteiger partial charge in [-0.25, -0.2) is 4.39 Å². The largest absolute Gasteiger partial charge is 0.491 e. The first-order valence-corrected chi connectivity index (χ1v) is 8.72. The third kappa shape index (κ3) is 5.42. The number of amides is 1. The molecule has 2 aromatic rings. The summed E-state index contributed by atoms with van der Waals surface area (Å²) in [6.07, 6.45) is 5.57. The molecule has 0 aliphatic carbocycles. The number of aromatic nitrogens is 1. The SMILES string of the molecule is CC(C)=CCCOc1cncc(Nc2ccc(I)cc2F)c1C(N)=O. The Balaban J connectivity index is 2.27.